The topological polar surface area (TPSA) is 52.6 Å². The molecular weight excluding hydrogens is 228 g/mol. The largest absolute Gasteiger partial charge is 0.377 e. The fraction of sp³-hybridized carbons (Fsp3) is 0.455. The molecule has 0 N–H and O–H groups in total. The van der Waals surface area contributed by atoms with E-state index in [-0.39, 0.29) is 12.7 Å². The van der Waals surface area contributed by atoms with Crippen LogP contribution in [0.15, 0.2) is 30.3 Å². The first-order valence-corrected chi connectivity index (χ1v) is 6.76. The Morgan fingerprint density at radius 3 is 2.38 bits per heavy atom. The Bertz CT molecular complexity index is 399. The van der Waals surface area contributed by atoms with E-state index in [1.165, 1.54) is 0 Å². The first-order chi connectivity index (χ1) is 7.53. The normalized spacial score (nSPS) is 13.6. The minimum absolute atomic E-state index is 0.131. The van der Waals surface area contributed by atoms with Crippen molar-refractivity contribution in [2.24, 2.45) is 0 Å². The zero-order valence-electron chi connectivity index (χ0n) is 9.42. The lowest BCUT2D eigenvalue weighted by Crippen LogP contribution is -2.09. The highest BCUT2D eigenvalue weighted by atomic mass is 32.2. The number of rotatable bonds is 6. The highest BCUT2D eigenvalue weighted by Crippen LogP contribution is 2.19. The molecule has 1 rings (SSSR count). The summed E-state index contributed by atoms with van der Waals surface area (Å²) in [6, 6.07) is 9.63. The molecule has 16 heavy (non-hydrogen) atoms. The van der Waals surface area contributed by atoms with Gasteiger partial charge in [0.15, 0.2) is 0 Å². The van der Waals surface area contributed by atoms with E-state index < -0.39 is 10.1 Å². The van der Waals surface area contributed by atoms with E-state index in [4.69, 9.17) is 4.74 Å². The lowest BCUT2D eigenvalue weighted by Gasteiger charge is -2.15. The average molecular weight is 244 g/mol. The summed E-state index contributed by atoms with van der Waals surface area (Å²) in [5.74, 6) is 0. The van der Waals surface area contributed by atoms with Gasteiger partial charge < -0.3 is 4.74 Å². The third-order valence-electron chi connectivity index (χ3n) is 2.13. The Morgan fingerprint density at radius 2 is 1.88 bits per heavy atom. The molecule has 1 atom stereocenters. The molecule has 90 valence electrons. The molecule has 0 bridgehead atoms. The van der Waals surface area contributed by atoms with Crippen LogP contribution in [0, 0.1) is 0 Å². The molecule has 0 aliphatic heterocycles. The number of ether oxygens (including phenoxy) is 1. The summed E-state index contributed by atoms with van der Waals surface area (Å²) in [6.45, 7) is 0.131. The first kappa shape index (κ1) is 13.2. The van der Waals surface area contributed by atoms with Crippen LogP contribution in [0.3, 0.4) is 0 Å². The van der Waals surface area contributed by atoms with Crippen LogP contribution in [0.25, 0.3) is 0 Å². The van der Waals surface area contributed by atoms with E-state index >= 15 is 0 Å². The van der Waals surface area contributed by atoms with Crippen molar-refractivity contribution in [3.8, 4) is 0 Å². The van der Waals surface area contributed by atoms with Crippen molar-refractivity contribution in [3.05, 3.63) is 35.9 Å². The molecule has 4 nitrogen and oxygen atoms in total. The molecule has 0 amide bonds. The summed E-state index contributed by atoms with van der Waals surface area (Å²) < 4.78 is 31.5. The van der Waals surface area contributed by atoms with Gasteiger partial charge in [-0.1, -0.05) is 30.3 Å². The molecular formula is C11H16O4S. The lowest BCUT2D eigenvalue weighted by molar-refractivity contribution is 0.0823. The zero-order valence-corrected chi connectivity index (χ0v) is 10.2. The predicted octanol–water partition coefficient (Wildman–Crippen LogP) is 1.74. The summed E-state index contributed by atoms with van der Waals surface area (Å²) >= 11 is 0. The third kappa shape index (κ3) is 4.74. The van der Waals surface area contributed by atoms with E-state index in [9.17, 15) is 8.42 Å². The number of hydrogen-bond donors (Lipinski definition) is 0. The van der Waals surface area contributed by atoms with Crippen molar-refractivity contribution in [1.82, 2.24) is 0 Å². The summed E-state index contributed by atoms with van der Waals surface area (Å²) in [4.78, 5) is 0. The van der Waals surface area contributed by atoms with Gasteiger partial charge in [0.1, 0.15) is 0 Å². The first-order valence-electron chi connectivity index (χ1n) is 4.95. The maximum Gasteiger partial charge on any atom is 0.264 e. The number of methoxy groups -OCH3 is 1. The van der Waals surface area contributed by atoms with Crippen molar-refractivity contribution >= 4 is 10.1 Å². The fourth-order valence-corrected chi connectivity index (χ4v) is 1.79. The quantitative estimate of drug-likeness (QED) is 0.715. The average Bonchev–Trinajstić information content (AvgIpc) is 2.24. The molecule has 5 heteroatoms. The van der Waals surface area contributed by atoms with Crippen LogP contribution in [0.1, 0.15) is 18.1 Å². The van der Waals surface area contributed by atoms with Gasteiger partial charge in [-0.05, 0) is 5.56 Å². The Kier molecular flexibility index (Phi) is 4.92. The van der Waals surface area contributed by atoms with Crippen LogP contribution in [-0.2, 0) is 19.0 Å². The van der Waals surface area contributed by atoms with Gasteiger partial charge in [-0.25, -0.2) is 0 Å². The monoisotopic (exact) mass is 244 g/mol. The second-order valence-corrected chi connectivity index (χ2v) is 5.09. The smallest absolute Gasteiger partial charge is 0.264 e. The van der Waals surface area contributed by atoms with E-state index in [0.29, 0.717) is 6.42 Å². The Hall–Kier alpha value is -0.910. The van der Waals surface area contributed by atoms with Gasteiger partial charge in [-0.3, -0.25) is 4.18 Å². The van der Waals surface area contributed by atoms with E-state index in [0.717, 1.165) is 11.8 Å². The molecule has 0 fully saturated rings. The van der Waals surface area contributed by atoms with Crippen LogP contribution in [0.5, 0.6) is 0 Å². The number of benzene rings is 1. The lowest BCUT2D eigenvalue weighted by atomic mass is 10.1. The second-order valence-electron chi connectivity index (χ2n) is 3.45. The van der Waals surface area contributed by atoms with Crippen molar-refractivity contribution in [3.63, 3.8) is 0 Å². The predicted molar refractivity (Wildman–Crippen MR) is 61.6 cm³/mol. The molecule has 0 saturated carbocycles. The maximum atomic E-state index is 10.8. The van der Waals surface area contributed by atoms with Gasteiger partial charge in [0.05, 0.1) is 19.0 Å². The molecule has 0 aliphatic rings. The fourth-order valence-electron chi connectivity index (χ4n) is 1.39. The highest BCUT2D eigenvalue weighted by Gasteiger charge is 2.11. The van der Waals surface area contributed by atoms with E-state index in [1.807, 2.05) is 30.3 Å². The van der Waals surface area contributed by atoms with E-state index in [1.54, 1.807) is 7.11 Å². The number of hydrogen-bond acceptors (Lipinski definition) is 4. The van der Waals surface area contributed by atoms with Crippen LogP contribution in [0.2, 0.25) is 0 Å². The standard InChI is InChI=1S/C11H16O4S/c1-14-11(8-9-15-16(2,12)13)10-6-4-3-5-7-10/h3-7,11H,8-9H2,1-2H3. The summed E-state index contributed by atoms with van der Waals surface area (Å²) in [5.41, 5.74) is 1.02. The minimum Gasteiger partial charge on any atom is -0.377 e. The van der Waals surface area contributed by atoms with Crippen molar-refractivity contribution < 1.29 is 17.3 Å². The van der Waals surface area contributed by atoms with Crippen LogP contribution < -0.4 is 0 Å². The van der Waals surface area contributed by atoms with Crippen LogP contribution in [-0.4, -0.2) is 28.4 Å². The molecule has 0 aliphatic carbocycles. The maximum absolute atomic E-state index is 10.8. The highest BCUT2D eigenvalue weighted by molar-refractivity contribution is 7.85. The van der Waals surface area contributed by atoms with Crippen LogP contribution >= 0.6 is 0 Å². The summed E-state index contributed by atoms with van der Waals surface area (Å²) in [7, 11) is -1.77. The van der Waals surface area contributed by atoms with Gasteiger partial charge in [-0.2, -0.15) is 8.42 Å². The molecule has 1 aromatic rings. The van der Waals surface area contributed by atoms with E-state index in [2.05, 4.69) is 4.18 Å². The molecule has 0 radical (unpaired) electrons. The minimum atomic E-state index is -3.37. The molecule has 0 aromatic heterocycles. The third-order valence-corrected chi connectivity index (χ3v) is 2.73. The Balaban J connectivity index is 2.51. The molecule has 0 spiro atoms. The SMILES string of the molecule is COC(CCOS(C)(=O)=O)c1ccccc1. The van der Waals surface area contributed by atoms with Crippen molar-refractivity contribution in [1.29, 1.82) is 0 Å². The molecule has 1 unspecified atom stereocenters. The van der Waals surface area contributed by atoms with Crippen molar-refractivity contribution in [2.45, 2.75) is 12.5 Å². The van der Waals surface area contributed by atoms with Gasteiger partial charge in [0.25, 0.3) is 10.1 Å². The van der Waals surface area contributed by atoms with Gasteiger partial charge in [-0.15, -0.1) is 0 Å². The molecule has 0 saturated heterocycles. The summed E-state index contributed by atoms with van der Waals surface area (Å²) in [6.07, 6.45) is 1.41. The van der Waals surface area contributed by atoms with Gasteiger partial charge in [0, 0.05) is 13.5 Å². The van der Waals surface area contributed by atoms with Crippen molar-refractivity contribution in [2.75, 3.05) is 20.0 Å². The van der Waals surface area contributed by atoms with Gasteiger partial charge in [0.2, 0.25) is 0 Å². The molecule has 0 heterocycles. The Morgan fingerprint density at radius 1 is 1.25 bits per heavy atom. The second kappa shape index (κ2) is 5.98. The molecule has 1 aromatic carbocycles. The summed E-state index contributed by atoms with van der Waals surface area (Å²) in [5, 5.41) is 0. The zero-order chi connectivity index (χ0) is 12.0. The van der Waals surface area contributed by atoms with Crippen LogP contribution in [0.4, 0.5) is 0 Å². The van der Waals surface area contributed by atoms with Gasteiger partial charge >= 0.3 is 0 Å². The Labute approximate surface area is 96.3 Å².